The van der Waals surface area contributed by atoms with Crippen molar-refractivity contribution in [3.8, 4) is 11.3 Å². The molecular weight excluding hydrogens is 547 g/mol. The number of benzene rings is 2. The molecule has 2 aromatic carbocycles. The highest BCUT2D eigenvalue weighted by Crippen LogP contribution is 2.27. The minimum absolute atomic E-state index is 0.121. The number of nitrogens with zero attached hydrogens (tertiary/aromatic N) is 7. The zero-order valence-corrected chi connectivity index (χ0v) is 22.7. The molecule has 0 spiro atoms. The van der Waals surface area contributed by atoms with Crippen LogP contribution < -0.4 is 15.8 Å². The first-order valence-electron chi connectivity index (χ1n) is 13.4. The van der Waals surface area contributed by atoms with Gasteiger partial charge >= 0.3 is 11.8 Å². The Bertz CT molecular complexity index is 1840. The van der Waals surface area contributed by atoms with Crippen LogP contribution in [0.1, 0.15) is 18.7 Å². The van der Waals surface area contributed by atoms with Crippen molar-refractivity contribution in [2.24, 2.45) is 0 Å². The Hall–Kier alpha value is -4.65. The van der Waals surface area contributed by atoms with Gasteiger partial charge in [0.05, 0.1) is 22.8 Å². The smallest absolute Gasteiger partial charge is 0.313 e. The molecule has 2 aliphatic rings. The van der Waals surface area contributed by atoms with Crippen molar-refractivity contribution in [2.45, 2.75) is 25.8 Å². The number of aryl methyl sites for hydroxylation is 1. The summed E-state index contributed by atoms with van der Waals surface area (Å²) in [5.41, 5.74) is 2.37. The zero-order valence-electron chi connectivity index (χ0n) is 21.9. The number of hydrogen-bond acceptors (Lipinski definition) is 8. The van der Waals surface area contributed by atoms with Gasteiger partial charge < -0.3 is 15.1 Å². The molecule has 3 aromatic heterocycles. The molecule has 1 N–H and O–H groups in total. The van der Waals surface area contributed by atoms with Crippen molar-refractivity contribution in [1.82, 2.24) is 29.0 Å². The van der Waals surface area contributed by atoms with E-state index in [-0.39, 0.29) is 11.4 Å². The average Bonchev–Trinajstić information content (AvgIpc) is 3.58. The standard InChI is InChI=1S/C28H25FN8O3S/c29-18-6-4-17(5-7-18)22-16-37-27(32-22)41-28(33-37)35-13-11-34(12-14-35)26(40)24(38)30-19-8-9-21-20(15-19)25(39)36-10-2-1-3-23(36)31-21/h4-9,15-16H,1-3,10-14H2,(H,30,38). The number of carbonyl (C=O) groups is 2. The predicted octanol–water partition coefficient (Wildman–Crippen LogP) is 2.93. The molecule has 0 aliphatic carbocycles. The zero-order chi connectivity index (χ0) is 28.1. The van der Waals surface area contributed by atoms with Crippen LogP contribution in [0.4, 0.5) is 15.2 Å². The molecule has 11 nitrogen and oxygen atoms in total. The third-order valence-electron chi connectivity index (χ3n) is 7.53. The molecule has 5 aromatic rings. The maximum atomic E-state index is 13.2. The van der Waals surface area contributed by atoms with Gasteiger partial charge in [-0.25, -0.2) is 18.9 Å². The molecule has 0 radical (unpaired) electrons. The van der Waals surface area contributed by atoms with Gasteiger partial charge in [-0.2, -0.15) is 0 Å². The maximum Gasteiger partial charge on any atom is 0.313 e. The summed E-state index contributed by atoms with van der Waals surface area (Å²) in [7, 11) is 0. The Kier molecular flexibility index (Phi) is 6.22. The molecule has 0 bridgehead atoms. The van der Waals surface area contributed by atoms with E-state index in [1.807, 2.05) is 0 Å². The van der Waals surface area contributed by atoms with Crippen LogP contribution in [-0.2, 0) is 22.6 Å². The molecule has 0 saturated carbocycles. The SMILES string of the molecule is O=C(Nc1ccc2nc3n(c(=O)c2c1)CCCC3)C(=O)N1CCN(c2nn3cc(-c4ccc(F)cc4)nc3s2)CC1. The molecule has 0 unspecified atom stereocenters. The van der Waals surface area contributed by atoms with Crippen LogP contribution in [0, 0.1) is 5.82 Å². The highest BCUT2D eigenvalue weighted by atomic mass is 32.1. The second kappa shape index (κ2) is 10.1. The summed E-state index contributed by atoms with van der Waals surface area (Å²) in [6.07, 6.45) is 4.53. The minimum atomic E-state index is -0.745. The lowest BCUT2D eigenvalue weighted by atomic mass is 10.1. The van der Waals surface area contributed by atoms with Crippen LogP contribution in [-0.4, -0.2) is 67.0 Å². The lowest BCUT2D eigenvalue weighted by molar-refractivity contribution is -0.143. The number of carbonyl (C=O) groups excluding carboxylic acids is 2. The van der Waals surface area contributed by atoms with Crippen molar-refractivity contribution < 1.29 is 14.0 Å². The fourth-order valence-electron chi connectivity index (χ4n) is 5.33. The first-order valence-corrected chi connectivity index (χ1v) is 14.3. The van der Waals surface area contributed by atoms with Crippen molar-refractivity contribution in [3.63, 3.8) is 0 Å². The minimum Gasteiger partial charge on any atom is -0.343 e. The van der Waals surface area contributed by atoms with Gasteiger partial charge in [-0.1, -0.05) is 11.3 Å². The molecule has 13 heteroatoms. The van der Waals surface area contributed by atoms with Crippen LogP contribution in [0.5, 0.6) is 0 Å². The molecule has 0 atom stereocenters. The number of rotatable bonds is 3. The number of nitrogens with one attached hydrogen (secondary N) is 1. The summed E-state index contributed by atoms with van der Waals surface area (Å²) in [6, 6.07) is 11.1. The molecule has 41 heavy (non-hydrogen) atoms. The van der Waals surface area contributed by atoms with Crippen molar-refractivity contribution >= 4 is 49.8 Å². The summed E-state index contributed by atoms with van der Waals surface area (Å²) in [6.45, 7) is 2.41. The predicted molar refractivity (Wildman–Crippen MR) is 153 cm³/mol. The highest BCUT2D eigenvalue weighted by molar-refractivity contribution is 7.20. The second-order valence-electron chi connectivity index (χ2n) is 10.2. The van der Waals surface area contributed by atoms with E-state index in [0.29, 0.717) is 60.0 Å². The first kappa shape index (κ1) is 25.3. The molecule has 2 amide bonds. The number of imidazole rings is 1. The summed E-state index contributed by atoms with van der Waals surface area (Å²) in [5.74, 6) is -0.874. The Morgan fingerprint density at radius 3 is 2.54 bits per heavy atom. The van der Waals surface area contributed by atoms with Gasteiger partial charge in [0.1, 0.15) is 11.6 Å². The highest BCUT2D eigenvalue weighted by Gasteiger charge is 2.28. The lowest BCUT2D eigenvalue weighted by Crippen LogP contribution is -2.51. The third-order valence-corrected chi connectivity index (χ3v) is 8.51. The topological polar surface area (TPSA) is 118 Å². The molecule has 2 aliphatic heterocycles. The fraction of sp³-hybridized carbons (Fsp3) is 0.286. The van der Waals surface area contributed by atoms with Crippen molar-refractivity contribution in [3.05, 3.63) is 70.7 Å². The van der Waals surface area contributed by atoms with E-state index in [4.69, 9.17) is 0 Å². The molecule has 208 valence electrons. The van der Waals surface area contributed by atoms with Crippen molar-refractivity contribution in [2.75, 3.05) is 36.4 Å². The normalized spacial score (nSPS) is 15.3. The summed E-state index contributed by atoms with van der Waals surface area (Å²) < 4.78 is 16.6. The third kappa shape index (κ3) is 4.71. The molecule has 1 fully saturated rings. The molecule has 5 heterocycles. The van der Waals surface area contributed by atoms with E-state index in [2.05, 4.69) is 25.3 Å². The van der Waals surface area contributed by atoms with Gasteiger partial charge in [0, 0.05) is 50.4 Å². The molecule has 1 saturated heterocycles. The second-order valence-corrected chi connectivity index (χ2v) is 11.1. The lowest BCUT2D eigenvalue weighted by Gasteiger charge is -2.33. The number of fused-ring (bicyclic) bond motifs is 3. The van der Waals surface area contributed by atoms with Gasteiger partial charge in [-0.05, 0) is 55.3 Å². The van der Waals surface area contributed by atoms with Gasteiger partial charge in [0.25, 0.3) is 5.56 Å². The quantitative estimate of drug-likeness (QED) is 0.331. The largest absolute Gasteiger partial charge is 0.343 e. The van der Waals surface area contributed by atoms with E-state index in [1.54, 1.807) is 45.6 Å². The van der Waals surface area contributed by atoms with Crippen LogP contribution in [0.3, 0.4) is 0 Å². The van der Waals surface area contributed by atoms with Gasteiger partial charge in [-0.15, -0.1) is 5.10 Å². The Balaban J connectivity index is 0.991. The van der Waals surface area contributed by atoms with Gasteiger partial charge in [-0.3, -0.25) is 19.0 Å². The number of piperazine rings is 1. The number of anilines is 2. The number of aromatic nitrogens is 5. The van der Waals surface area contributed by atoms with Gasteiger partial charge in [0.15, 0.2) is 0 Å². The summed E-state index contributed by atoms with van der Waals surface area (Å²) in [4.78, 5) is 52.2. The molecule has 7 rings (SSSR count). The Morgan fingerprint density at radius 2 is 1.76 bits per heavy atom. The number of hydrogen-bond donors (Lipinski definition) is 1. The van der Waals surface area contributed by atoms with E-state index in [1.165, 1.54) is 28.4 Å². The Labute approximate surface area is 236 Å². The fourth-order valence-corrected chi connectivity index (χ4v) is 6.26. The van der Waals surface area contributed by atoms with Crippen LogP contribution >= 0.6 is 11.3 Å². The maximum absolute atomic E-state index is 13.2. The van der Waals surface area contributed by atoms with Crippen LogP contribution in [0.2, 0.25) is 0 Å². The Morgan fingerprint density at radius 1 is 0.951 bits per heavy atom. The monoisotopic (exact) mass is 572 g/mol. The number of halogens is 1. The van der Waals surface area contributed by atoms with E-state index in [9.17, 15) is 18.8 Å². The van der Waals surface area contributed by atoms with E-state index >= 15 is 0 Å². The van der Waals surface area contributed by atoms with Crippen LogP contribution in [0.15, 0.2) is 53.5 Å². The van der Waals surface area contributed by atoms with Crippen molar-refractivity contribution in [1.29, 1.82) is 0 Å². The summed E-state index contributed by atoms with van der Waals surface area (Å²) >= 11 is 1.43. The average molecular weight is 573 g/mol. The van der Waals surface area contributed by atoms with E-state index < -0.39 is 11.8 Å². The number of amides is 2. The summed E-state index contributed by atoms with van der Waals surface area (Å²) in [5, 5.41) is 8.48. The molecular formula is C28H25FN8O3S. The first-order chi connectivity index (χ1) is 19.9. The van der Waals surface area contributed by atoms with Crippen LogP contribution in [0.25, 0.3) is 27.1 Å². The van der Waals surface area contributed by atoms with E-state index in [0.717, 1.165) is 35.8 Å². The van der Waals surface area contributed by atoms with Gasteiger partial charge in [0.2, 0.25) is 10.1 Å².